The third-order valence-corrected chi connectivity index (χ3v) is 6.21. The highest BCUT2D eigenvalue weighted by molar-refractivity contribution is 5.85. The first-order valence-electron chi connectivity index (χ1n) is 9.63. The summed E-state index contributed by atoms with van der Waals surface area (Å²) in [5.74, 6) is -1.59. The van der Waals surface area contributed by atoms with E-state index < -0.39 is 11.8 Å². The lowest BCUT2D eigenvalue weighted by molar-refractivity contribution is -0.119. The van der Waals surface area contributed by atoms with Crippen LogP contribution in [0.25, 0.3) is 11.7 Å². The second-order valence-electron chi connectivity index (χ2n) is 8.22. The van der Waals surface area contributed by atoms with Crippen molar-refractivity contribution in [2.45, 2.75) is 64.3 Å². The number of primary amides is 1. The molecule has 2 aromatic rings. The maximum absolute atomic E-state index is 14.0. The van der Waals surface area contributed by atoms with Gasteiger partial charge in [0.1, 0.15) is 5.83 Å². The first kappa shape index (κ1) is 19.6. The lowest BCUT2D eigenvalue weighted by Gasteiger charge is -2.31. The van der Waals surface area contributed by atoms with E-state index in [9.17, 15) is 9.18 Å². The molecule has 3 rings (SSSR count). The molecule has 0 fully saturated rings. The molecule has 3 N–H and O–H groups in total. The molecule has 0 radical (unpaired) electrons. The predicted molar refractivity (Wildman–Crippen MR) is 105 cm³/mol. The number of aromatic amines is 1. The lowest BCUT2D eigenvalue weighted by Crippen LogP contribution is -2.32. The molecule has 0 aromatic carbocycles. The summed E-state index contributed by atoms with van der Waals surface area (Å²) in [6.45, 7) is 9.75. The van der Waals surface area contributed by atoms with Gasteiger partial charge in [0.2, 0.25) is 5.91 Å². The fourth-order valence-electron chi connectivity index (χ4n) is 3.76. The Labute approximate surface area is 159 Å². The van der Waals surface area contributed by atoms with Crippen molar-refractivity contribution in [3.8, 4) is 0 Å². The maximum atomic E-state index is 14.0. The molecule has 0 spiro atoms. The summed E-state index contributed by atoms with van der Waals surface area (Å²) >= 11 is 0. The third-order valence-electron chi connectivity index (χ3n) is 6.21. The van der Waals surface area contributed by atoms with Gasteiger partial charge in [-0.3, -0.25) is 9.89 Å². The van der Waals surface area contributed by atoms with Gasteiger partial charge >= 0.3 is 0 Å². The fourth-order valence-corrected chi connectivity index (χ4v) is 3.76. The second-order valence-corrected chi connectivity index (χ2v) is 8.22. The topological polar surface area (TPSA) is 79.4 Å². The number of imidazole rings is 1. The number of rotatable bonds is 7. The number of nitrogens with one attached hydrogen (secondary N) is 1. The summed E-state index contributed by atoms with van der Waals surface area (Å²) in [6, 6.07) is 0.487. The third kappa shape index (κ3) is 3.40. The van der Waals surface area contributed by atoms with E-state index in [1.807, 2.05) is 10.7 Å². The summed E-state index contributed by atoms with van der Waals surface area (Å²) < 4.78 is 15.8. The van der Waals surface area contributed by atoms with Gasteiger partial charge in [0.15, 0.2) is 5.65 Å². The summed E-state index contributed by atoms with van der Waals surface area (Å²) in [7, 11) is 2.13. The Morgan fingerprint density at radius 2 is 2.26 bits per heavy atom. The van der Waals surface area contributed by atoms with Crippen LogP contribution in [0.2, 0.25) is 0 Å². The Bertz CT molecular complexity index is 880. The molecule has 0 aliphatic heterocycles. The molecule has 0 saturated heterocycles. The van der Waals surface area contributed by atoms with Gasteiger partial charge in [-0.25, -0.2) is 13.9 Å². The maximum Gasteiger partial charge on any atom is 0.227 e. The van der Waals surface area contributed by atoms with Crippen molar-refractivity contribution in [1.82, 2.24) is 19.5 Å². The molecule has 1 aliphatic carbocycles. The molecule has 27 heavy (non-hydrogen) atoms. The number of carbonyl (C=O) groups is 1. The van der Waals surface area contributed by atoms with Crippen LogP contribution in [0.1, 0.15) is 69.8 Å². The molecule has 2 unspecified atom stereocenters. The van der Waals surface area contributed by atoms with Crippen molar-refractivity contribution in [3.63, 3.8) is 0 Å². The monoisotopic (exact) mass is 375 g/mol. The lowest BCUT2D eigenvalue weighted by atomic mass is 9.78. The Hall–Kier alpha value is -2.15. The number of amides is 1. The minimum absolute atomic E-state index is 0.00525. The van der Waals surface area contributed by atoms with Crippen LogP contribution in [0.4, 0.5) is 4.39 Å². The number of H-pyrrole nitrogens is 1. The highest BCUT2D eigenvalue weighted by atomic mass is 19.1. The average Bonchev–Trinajstić information content (AvgIpc) is 3.17. The number of halogens is 1. The number of hydrogen-bond acceptors (Lipinski definition) is 3. The van der Waals surface area contributed by atoms with Crippen molar-refractivity contribution < 1.29 is 9.18 Å². The number of fused-ring (bicyclic) bond motifs is 3. The number of hydrogen-bond donors (Lipinski definition) is 2. The Morgan fingerprint density at radius 3 is 2.85 bits per heavy atom. The van der Waals surface area contributed by atoms with Gasteiger partial charge < -0.3 is 10.6 Å². The minimum atomic E-state index is -0.702. The van der Waals surface area contributed by atoms with Gasteiger partial charge in [-0.2, -0.15) is 0 Å². The molecule has 1 amide bonds. The largest absolute Gasteiger partial charge is 0.369 e. The number of allylic oxidation sites excluding steroid dienone is 1. The molecule has 148 valence electrons. The molecule has 2 heterocycles. The van der Waals surface area contributed by atoms with Gasteiger partial charge in [-0.05, 0) is 51.8 Å². The quantitative estimate of drug-likeness (QED) is 0.779. The number of nitrogens with zero attached hydrogens (tertiary/aromatic N) is 3. The van der Waals surface area contributed by atoms with Crippen molar-refractivity contribution in [3.05, 3.63) is 29.0 Å². The van der Waals surface area contributed by atoms with E-state index >= 15 is 0 Å². The molecule has 7 heteroatoms. The standard InChI is InChI=1S/C20H30FN5O/c1-6-20(4,7-8-25(5)12(2)3)15-11-23-26-17-14(18(22)27)9-13(21)10-16(17)24-19(15)26/h10-12,14,23H,6-9H2,1-5H3,(H2,22,27). The number of aromatic nitrogens is 3. The first-order chi connectivity index (χ1) is 12.7. The highest BCUT2D eigenvalue weighted by Crippen LogP contribution is 2.39. The minimum Gasteiger partial charge on any atom is -0.369 e. The van der Waals surface area contributed by atoms with Crippen LogP contribution >= 0.6 is 0 Å². The van der Waals surface area contributed by atoms with Crippen molar-refractivity contribution in [1.29, 1.82) is 0 Å². The van der Waals surface area contributed by atoms with Crippen molar-refractivity contribution in [2.24, 2.45) is 5.73 Å². The van der Waals surface area contributed by atoms with E-state index in [-0.39, 0.29) is 17.7 Å². The number of carbonyl (C=O) groups excluding carboxylic acids is 1. The van der Waals surface area contributed by atoms with E-state index in [4.69, 9.17) is 5.73 Å². The molecule has 0 bridgehead atoms. The molecule has 0 saturated carbocycles. The molecule has 1 aliphatic rings. The van der Waals surface area contributed by atoms with Gasteiger partial charge in [0, 0.05) is 24.2 Å². The van der Waals surface area contributed by atoms with Crippen LogP contribution in [-0.2, 0) is 10.2 Å². The van der Waals surface area contributed by atoms with E-state index in [1.54, 1.807) is 0 Å². The number of nitrogens with two attached hydrogens (primary N) is 1. The van der Waals surface area contributed by atoms with Gasteiger partial charge in [0.05, 0.1) is 17.3 Å². The summed E-state index contributed by atoms with van der Waals surface area (Å²) in [5.41, 5.74) is 8.45. The van der Waals surface area contributed by atoms with Crippen LogP contribution in [-0.4, -0.2) is 45.0 Å². The van der Waals surface area contributed by atoms with Crippen LogP contribution in [0.3, 0.4) is 0 Å². The zero-order chi connectivity index (χ0) is 19.9. The average molecular weight is 375 g/mol. The van der Waals surface area contributed by atoms with E-state index in [2.05, 4.69) is 49.7 Å². The molecule has 6 nitrogen and oxygen atoms in total. The van der Waals surface area contributed by atoms with Crippen LogP contribution in [0, 0.1) is 0 Å². The van der Waals surface area contributed by atoms with E-state index in [0.717, 1.165) is 30.6 Å². The predicted octanol–water partition coefficient (Wildman–Crippen LogP) is 3.34. The zero-order valence-corrected chi connectivity index (χ0v) is 16.8. The van der Waals surface area contributed by atoms with Crippen LogP contribution < -0.4 is 5.73 Å². The van der Waals surface area contributed by atoms with Gasteiger partial charge in [-0.1, -0.05) is 13.8 Å². The summed E-state index contributed by atoms with van der Waals surface area (Å²) in [4.78, 5) is 18.9. The highest BCUT2D eigenvalue weighted by Gasteiger charge is 2.35. The zero-order valence-electron chi connectivity index (χ0n) is 16.8. The molecular weight excluding hydrogens is 345 g/mol. The Morgan fingerprint density at radius 1 is 1.56 bits per heavy atom. The van der Waals surface area contributed by atoms with Gasteiger partial charge in [-0.15, -0.1) is 0 Å². The normalized spacial score (nSPS) is 19.4. The van der Waals surface area contributed by atoms with E-state index in [0.29, 0.717) is 17.4 Å². The first-order valence-corrected chi connectivity index (χ1v) is 9.63. The SMILES string of the molecule is CCC(C)(CCN(C)C(C)C)c1c[nH]n2c3c(nc12)C=C(F)CC3C(N)=O. The Kier molecular flexibility index (Phi) is 5.16. The summed E-state index contributed by atoms with van der Waals surface area (Å²) in [6.07, 6.45) is 5.30. The molecule has 2 atom stereocenters. The van der Waals surface area contributed by atoms with E-state index in [1.165, 1.54) is 6.08 Å². The smallest absolute Gasteiger partial charge is 0.227 e. The van der Waals surface area contributed by atoms with Crippen LogP contribution in [0.15, 0.2) is 12.0 Å². The van der Waals surface area contributed by atoms with Crippen LogP contribution in [0.5, 0.6) is 0 Å². The summed E-state index contributed by atoms with van der Waals surface area (Å²) in [5, 5.41) is 3.23. The second kappa shape index (κ2) is 7.11. The van der Waals surface area contributed by atoms with Crippen molar-refractivity contribution >= 4 is 17.6 Å². The fraction of sp³-hybridized carbons (Fsp3) is 0.600. The van der Waals surface area contributed by atoms with Crippen molar-refractivity contribution in [2.75, 3.05) is 13.6 Å². The van der Waals surface area contributed by atoms with Gasteiger partial charge in [0.25, 0.3) is 0 Å². The molecular formula is C20H30FN5O. The molecule has 2 aromatic heterocycles. The Balaban J connectivity index is 2.03.